The third kappa shape index (κ3) is 5.07. The molecule has 0 bridgehead atoms. The van der Waals surface area contributed by atoms with E-state index in [0.717, 1.165) is 19.4 Å². The Morgan fingerprint density at radius 1 is 0.625 bits per heavy atom. The third-order valence-corrected chi connectivity index (χ3v) is 4.31. The summed E-state index contributed by atoms with van der Waals surface area (Å²) in [6, 6.07) is 30.7. The Labute approximate surface area is 145 Å². The minimum absolute atomic E-state index is 0.463. The number of nitrogens with one attached hydrogen (secondary N) is 1. The minimum atomic E-state index is 0.463. The molecule has 0 amide bonds. The number of benzene rings is 3. The molecule has 3 aromatic carbocycles. The lowest BCUT2D eigenvalue weighted by atomic mass is 10.0. The quantitative estimate of drug-likeness (QED) is 0.647. The Hall–Kier alpha value is -2.38. The summed E-state index contributed by atoms with van der Waals surface area (Å²) in [6.07, 6.45) is 2.06. The molecule has 0 aliphatic carbocycles. The summed E-state index contributed by atoms with van der Waals surface area (Å²) in [5.41, 5.74) is 5.46. The van der Waals surface area contributed by atoms with Gasteiger partial charge in [-0.15, -0.1) is 0 Å². The van der Waals surface area contributed by atoms with Crippen LogP contribution in [-0.4, -0.2) is 6.04 Å². The topological polar surface area (TPSA) is 12.0 Å². The first-order chi connectivity index (χ1) is 11.8. The molecule has 0 saturated carbocycles. The maximum absolute atomic E-state index is 3.60. The molecule has 1 heteroatoms. The normalized spacial score (nSPS) is 12.0. The Morgan fingerprint density at radius 3 is 1.75 bits per heavy atom. The zero-order chi connectivity index (χ0) is 16.6. The van der Waals surface area contributed by atoms with Crippen molar-refractivity contribution in [1.29, 1.82) is 0 Å². The van der Waals surface area contributed by atoms with E-state index >= 15 is 0 Å². The number of hydrogen-bond acceptors (Lipinski definition) is 1. The molecule has 0 fully saturated rings. The monoisotopic (exact) mass is 315 g/mol. The molecular formula is C23H25N. The zero-order valence-electron chi connectivity index (χ0n) is 14.3. The van der Waals surface area contributed by atoms with Gasteiger partial charge in [-0.25, -0.2) is 0 Å². The van der Waals surface area contributed by atoms with Gasteiger partial charge in [0.15, 0.2) is 0 Å². The fraction of sp³-hybridized carbons (Fsp3) is 0.217. The van der Waals surface area contributed by atoms with Gasteiger partial charge >= 0.3 is 0 Å². The van der Waals surface area contributed by atoms with Crippen LogP contribution in [0.25, 0.3) is 0 Å². The molecular weight excluding hydrogens is 290 g/mol. The van der Waals surface area contributed by atoms with Gasteiger partial charge in [-0.3, -0.25) is 0 Å². The summed E-state index contributed by atoms with van der Waals surface area (Å²) in [7, 11) is 0. The summed E-state index contributed by atoms with van der Waals surface area (Å²) in [6.45, 7) is 3.18. The van der Waals surface area contributed by atoms with E-state index in [1.807, 2.05) is 0 Å². The summed E-state index contributed by atoms with van der Waals surface area (Å²) in [5.74, 6) is 0. The molecule has 0 spiro atoms. The fourth-order valence-electron chi connectivity index (χ4n) is 2.94. The lowest BCUT2D eigenvalue weighted by molar-refractivity contribution is 0.545. The van der Waals surface area contributed by atoms with Gasteiger partial charge < -0.3 is 5.32 Å². The highest BCUT2D eigenvalue weighted by Crippen LogP contribution is 2.12. The van der Waals surface area contributed by atoms with Crippen LogP contribution in [0.2, 0.25) is 0 Å². The molecule has 1 atom stereocenters. The smallest absolute Gasteiger partial charge is 0.0208 e. The number of rotatable bonds is 7. The Bertz CT molecular complexity index is 717. The van der Waals surface area contributed by atoms with E-state index in [0.29, 0.717) is 6.04 Å². The molecule has 122 valence electrons. The van der Waals surface area contributed by atoms with E-state index in [1.165, 1.54) is 22.3 Å². The molecule has 0 aromatic heterocycles. The third-order valence-electron chi connectivity index (χ3n) is 4.31. The summed E-state index contributed by atoms with van der Waals surface area (Å²) < 4.78 is 0. The second kappa shape index (κ2) is 8.47. The molecule has 0 radical (unpaired) electrons. The van der Waals surface area contributed by atoms with Gasteiger partial charge in [-0.1, -0.05) is 84.9 Å². The maximum Gasteiger partial charge on any atom is 0.0208 e. The lowest BCUT2D eigenvalue weighted by Crippen LogP contribution is -2.27. The highest BCUT2D eigenvalue weighted by molar-refractivity contribution is 5.29. The molecule has 0 unspecified atom stereocenters. The first kappa shape index (κ1) is 16.5. The van der Waals surface area contributed by atoms with Crippen molar-refractivity contribution in [3.63, 3.8) is 0 Å². The van der Waals surface area contributed by atoms with E-state index in [4.69, 9.17) is 0 Å². The van der Waals surface area contributed by atoms with Crippen molar-refractivity contribution in [3.8, 4) is 0 Å². The zero-order valence-corrected chi connectivity index (χ0v) is 14.3. The first-order valence-electron chi connectivity index (χ1n) is 8.68. The van der Waals surface area contributed by atoms with Crippen molar-refractivity contribution in [1.82, 2.24) is 5.32 Å². The second-order valence-electron chi connectivity index (χ2n) is 6.45. The van der Waals surface area contributed by atoms with Gasteiger partial charge in [0.05, 0.1) is 0 Å². The molecule has 0 aliphatic heterocycles. The molecule has 3 rings (SSSR count). The van der Waals surface area contributed by atoms with E-state index in [1.54, 1.807) is 0 Å². The van der Waals surface area contributed by atoms with Crippen LogP contribution in [0.5, 0.6) is 0 Å². The minimum Gasteiger partial charge on any atom is -0.310 e. The first-order valence-corrected chi connectivity index (χ1v) is 8.68. The van der Waals surface area contributed by atoms with E-state index in [-0.39, 0.29) is 0 Å². The van der Waals surface area contributed by atoms with Crippen LogP contribution in [-0.2, 0) is 19.4 Å². The summed E-state index contributed by atoms with van der Waals surface area (Å²) >= 11 is 0. The molecule has 0 aliphatic rings. The highest BCUT2D eigenvalue weighted by atomic mass is 14.9. The van der Waals surface area contributed by atoms with Crippen molar-refractivity contribution in [2.24, 2.45) is 0 Å². The molecule has 1 nitrogen and oxygen atoms in total. The molecule has 1 N–H and O–H groups in total. The molecule has 0 saturated heterocycles. The highest BCUT2D eigenvalue weighted by Gasteiger charge is 2.04. The van der Waals surface area contributed by atoms with Crippen molar-refractivity contribution >= 4 is 0 Å². The lowest BCUT2D eigenvalue weighted by Gasteiger charge is -2.14. The van der Waals surface area contributed by atoms with Gasteiger partial charge in [0, 0.05) is 12.6 Å². The van der Waals surface area contributed by atoms with Crippen molar-refractivity contribution in [3.05, 3.63) is 107 Å². The van der Waals surface area contributed by atoms with Crippen molar-refractivity contribution in [2.45, 2.75) is 32.4 Å². The van der Waals surface area contributed by atoms with E-state index in [9.17, 15) is 0 Å². The molecule has 3 aromatic rings. The second-order valence-corrected chi connectivity index (χ2v) is 6.45. The van der Waals surface area contributed by atoms with Crippen molar-refractivity contribution in [2.75, 3.05) is 0 Å². The Kier molecular flexibility index (Phi) is 5.81. The summed E-state index contributed by atoms with van der Waals surface area (Å²) in [5, 5.41) is 3.60. The van der Waals surface area contributed by atoms with E-state index in [2.05, 4.69) is 97.2 Å². The van der Waals surface area contributed by atoms with Gasteiger partial charge in [-0.05, 0) is 42.0 Å². The van der Waals surface area contributed by atoms with Crippen LogP contribution < -0.4 is 5.32 Å². The SMILES string of the molecule is C[C@H](Cc1ccc(Cc2ccccc2)cc1)NCc1ccccc1. The van der Waals surface area contributed by atoms with Crippen molar-refractivity contribution < 1.29 is 0 Å². The molecule has 24 heavy (non-hydrogen) atoms. The number of hydrogen-bond donors (Lipinski definition) is 1. The van der Waals surface area contributed by atoms with Gasteiger partial charge in [0.1, 0.15) is 0 Å². The summed E-state index contributed by atoms with van der Waals surface area (Å²) in [4.78, 5) is 0. The largest absolute Gasteiger partial charge is 0.310 e. The van der Waals surface area contributed by atoms with E-state index < -0.39 is 0 Å². The van der Waals surface area contributed by atoms with Gasteiger partial charge in [0.2, 0.25) is 0 Å². The van der Waals surface area contributed by atoms with Gasteiger partial charge in [0.25, 0.3) is 0 Å². The Balaban J connectivity index is 1.50. The predicted molar refractivity (Wildman–Crippen MR) is 102 cm³/mol. The van der Waals surface area contributed by atoms with Crippen LogP contribution in [0.4, 0.5) is 0 Å². The standard InChI is InChI=1S/C23H25N/c1-19(24-18-23-10-6-3-7-11-23)16-21-12-14-22(15-13-21)17-20-8-4-2-5-9-20/h2-15,19,24H,16-18H2,1H3/t19-/m1/s1. The van der Waals surface area contributed by atoms with Crippen LogP contribution in [0.3, 0.4) is 0 Å². The van der Waals surface area contributed by atoms with Crippen LogP contribution in [0.15, 0.2) is 84.9 Å². The Morgan fingerprint density at radius 2 is 1.12 bits per heavy atom. The average molecular weight is 315 g/mol. The van der Waals surface area contributed by atoms with Crippen LogP contribution in [0, 0.1) is 0 Å². The fourth-order valence-corrected chi connectivity index (χ4v) is 2.94. The average Bonchev–Trinajstić information content (AvgIpc) is 2.63. The van der Waals surface area contributed by atoms with Gasteiger partial charge in [-0.2, -0.15) is 0 Å². The van der Waals surface area contributed by atoms with Crippen LogP contribution in [0.1, 0.15) is 29.2 Å². The van der Waals surface area contributed by atoms with Crippen LogP contribution >= 0.6 is 0 Å². The predicted octanol–water partition coefficient (Wildman–Crippen LogP) is 5.00. The maximum atomic E-state index is 3.60. The molecule has 0 heterocycles.